The van der Waals surface area contributed by atoms with E-state index in [0.29, 0.717) is 5.56 Å². The number of hydrogen-bond acceptors (Lipinski definition) is 3. The first-order valence-corrected chi connectivity index (χ1v) is 7.48. The fourth-order valence-electron chi connectivity index (χ4n) is 2.38. The number of benzene rings is 2. The van der Waals surface area contributed by atoms with Gasteiger partial charge >= 0.3 is 0 Å². The molecule has 1 unspecified atom stereocenters. The lowest BCUT2D eigenvalue weighted by atomic mass is 10.1. The number of carbonyl (C=O) groups excluding carboxylic acids is 1. The number of nitrogens with one attached hydrogen (secondary N) is 1. The summed E-state index contributed by atoms with van der Waals surface area (Å²) in [5.74, 6) is -0.401. The molecule has 0 aliphatic carbocycles. The molecule has 0 aliphatic rings. The van der Waals surface area contributed by atoms with E-state index >= 15 is 0 Å². The maximum atomic E-state index is 11.0. The molecule has 1 amide bonds. The van der Waals surface area contributed by atoms with Crippen molar-refractivity contribution in [1.29, 1.82) is 0 Å². The molecule has 4 N–H and O–H groups in total. The van der Waals surface area contributed by atoms with Crippen LogP contribution >= 0.6 is 0 Å². The predicted molar refractivity (Wildman–Crippen MR) is 87.6 cm³/mol. The molecule has 4 heteroatoms. The molecular weight excluding hydrogens is 276 g/mol. The quantitative estimate of drug-likeness (QED) is 0.653. The van der Waals surface area contributed by atoms with Gasteiger partial charge in [0.25, 0.3) is 0 Å². The minimum atomic E-state index is -0.401. The molecule has 0 spiro atoms. The van der Waals surface area contributed by atoms with Crippen LogP contribution < -0.4 is 11.1 Å². The molecule has 0 aromatic heterocycles. The van der Waals surface area contributed by atoms with Crippen molar-refractivity contribution in [2.45, 2.75) is 18.9 Å². The Kier molecular flexibility index (Phi) is 6.13. The van der Waals surface area contributed by atoms with Crippen LogP contribution in [-0.2, 0) is 6.42 Å². The van der Waals surface area contributed by atoms with Crippen LogP contribution in [0.1, 0.15) is 33.9 Å². The van der Waals surface area contributed by atoms with E-state index in [1.165, 1.54) is 5.56 Å². The highest BCUT2D eigenvalue weighted by Gasteiger charge is 2.08. The maximum absolute atomic E-state index is 11.0. The van der Waals surface area contributed by atoms with Gasteiger partial charge in [0.15, 0.2) is 0 Å². The summed E-state index contributed by atoms with van der Waals surface area (Å²) < 4.78 is 0. The van der Waals surface area contributed by atoms with E-state index in [4.69, 9.17) is 5.73 Å². The van der Waals surface area contributed by atoms with E-state index in [-0.39, 0.29) is 12.6 Å². The van der Waals surface area contributed by atoms with Crippen LogP contribution in [0.25, 0.3) is 0 Å². The van der Waals surface area contributed by atoms with Crippen molar-refractivity contribution in [2.75, 3.05) is 13.2 Å². The van der Waals surface area contributed by atoms with Crippen molar-refractivity contribution in [2.24, 2.45) is 5.73 Å². The number of primary amides is 1. The Hall–Kier alpha value is -2.17. The molecule has 0 saturated heterocycles. The topological polar surface area (TPSA) is 75.4 Å². The van der Waals surface area contributed by atoms with E-state index < -0.39 is 5.91 Å². The van der Waals surface area contributed by atoms with Crippen molar-refractivity contribution >= 4 is 5.91 Å². The lowest BCUT2D eigenvalue weighted by molar-refractivity contribution is 0.100. The van der Waals surface area contributed by atoms with Gasteiger partial charge in [-0.25, -0.2) is 0 Å². The third-order valence-corrected chi connectivity index (χ3v) is 3.66. The number of carbonyl (C=O) groups is 1. The number of aliphatic hydroxyl groups is 1. The molecule has 0 saturated carbocycles. The molecule has 1 atom stereocenters. The molecule has 0 radical (unpaired) electrons. The minimum absolute atomic E-state index is 0.0292. The molecule has 0 heterocycles. The number of nitrogens with two attached hydrogens (primary N) is 1. The number of aliphatic hydroxyl groups excluding tert-OH is 1. The molecule has 2 rings (SSSR count). The van der Waals surface area contributed by atoms with Crippen LogP contribution in [0, 0.1) is 0 Å². The first-order valence-electron chi connectivity index (χ1n) is 7.48. The largest absolute Gasteiger partial charge is 0.394 e. The molecule has 22 heavy (non-hydrogen) atoms. The van der Waals surface area contributed by atoms with Crippen LogP contribution in [0.4, 0.5) is 0 Å². The fraction of sp³-hybridized carbons (Fsp3) is 0.278. The van der Waals surface area contributed by atoms with Gasteiger partial charge in [0, 0.05) is 5.56 Å². The van der Waals surface area contributed by atoms with Gasteiger partial charge in [-0.05, 0) is 42.6 Å². The summed E-state index contributed by atoms with van der Waals surface area (Å²) in [5, 5.41) is 12.8. The zero-order chi connectivity index (χ0) is 15.8. The Morgan fingerprint density at radius 1 is 1.09 bits per heavy atom. The van der Waals surface area contributed by atoms with Crippen LogP contribution in [0.2, 0.25) is 0 Å². The van der Waals surface area contributed by atoms with Gasteiger partial charge in [-0.1, -0.05) is 42.5 Å². The first-order chi connectivity index (χ1) is 10.7. The summed E-state index contributed by atoms with van der Waals surface area (Å²) in [5.41, 5.74) is 8.02. The highest BCUT2D eigenvalue weighted by molar-refractivity contribution is 5.92. The maximum Gasteiger partial charge on any atom is 0.248 e. The van der Waals surface area contributed by atoms with E-state index in [2.05, 4.69) is 5.32 Å². The van der Waals surface area contributed by atoms with E-state index in [0.717, 1.165) is 24.9 Å². The number of aryl methyl sites for hydroxylation is 1. The van der Waals surface area contributed by atoms with Gasteiger partial charge < -0.3 is 16.2 Å². The van der Waals surface area contributed by atoms with Crippen molar-refractivity contribution in [1.82, 2.24) is 5.32 Å². The fourth-order valence-corrected chi connectivity index (χ4v) is 2.38. The standard InChI is InChI=1S/C18H22N2O2/c19-18(22)16-10-8-14(9-11-16)5-4-12-20-17(13-21)15-6-2-1-3-7-15/h1-3,6-11,17,20-21H,4-5,12-13H2,(H2,19,22). The molecule has 2 aromatic carbocycles. The van der Waals surface area contributed by atoms with Gasteiger partial charge in [-0.3, -0.25) is 4.79 Å². The normalized spacial score (nSPS) is 12.0. The van der Waals surface area contributed by atoms with Crippen LogP contribution in [0.5, 0.6) is 0 Å². The molecule has 0 aliphatic heterocycles. The second kappa shape index (κ2) is 8.32. The molecule has 2 aromatic rings. The third kappa shape index (κ3) is 4.69. The SMILES string of the molecule is NC(=O)c1ccc(CCCNC(CO)c2ccccc2)cc1. The Balaban J connectivity index is 1.77. The van der Waals surface area contributed by atoms with Crippen molar-refractivity contribution in [3.8, 4) is 0 Å². The lowest BCUT2D eigenvalue weighted by Gasteiger charge is -2.16. The van der Waals surface area contributed by atoms with Gasteiger partial charge in [-0.2, -0.15) is 0 Å². The summed E-state index contributed by atoms with van der Waals surface area (Å²) in [6.45, 7) is 0.898. The summed E-state index contributed by atoms with van der Waals surface area (Å²) in [4.78, 5) is 11.0. The monoisotopic (exact) mass is 298 g/mol. The molecule has 0 fully saturated rings. The molecular formula is C18H22N2O2. The van der Waals surface area contributed by atoms with E-state index in [1.807, 2.05) is 42.5 Å². The lowest BCUT2D eigenvalue weighted by Crippen LogP contribution is -2.25. The second-order valence-corrected chi connectivity index (χ2v) is 5.26. The smallest absolute Gasteiger partial charge is 0.248 e. The van der Waals surface area contributed by atoms with Gasteiger partial charge in [0.1, 0.15) is 0 Å². The van der Waals surface area contributed by atoms with Crippen LogP contribution in [0.15, 0.2) is 54.6 Å². The molecule has 116 valence electrons. The average molecular weight is 298 g/mol. The molecule has 0 bridgehead atoms. The number of rotatable bonds is 8. The summed E-state index contributed by atoms with van der Waals surface area (Å²) in [6.07, 6.45) is 1.87. The van der Waals surface area contributed by atoms with Crippen LogP contribution in [0.3, 0.4) is 0 Å². The first kappa shape index (κ1) is 16.2. The molecule has 4 nitrogen and oxygen atoms in total. The van der Waals surface area contributed by atoms with Gasteiger partial charge in [0.2, 0.25) is 5.91 Å². The van der Waals surface area contributed by atoms with E-state index in [1.54, 1.807) is 12.1 Å². The van der Waals surface area contributed by atoms with Crippen molar-refractivity contribution in [3.05, 3.63) is 71.3 Å². The summed E-state index contributed by atoms with van der Waals surface area (Å²) in [7, 11) is 0. The Morgan fingerprint density at radius 3 is 2.36 bits per heavy atom. The summed E-state index contributed by atoms with van der Waals surface area (Å²) >= 11 is 0. The highest BCUT2D eigenvalue weighted by Crippen LogP contribution is 2.12. The van der Waals surface area contributed by atoms with Crippen LogP contribution in [-0.4, -0.2) is 24.2 Å². The second-order valence-electron chi connectivity index (χ2n) is 5.26. The van der Waals surface area contributed by atoms with Crippen molar-refractivity contribution in [3.63, 3.8) is 0 Å². The highest BCUT2D eigenvalue weighted by atomic mass is 16.3. The zero-order valence-electron chi connectivity index (χ0n) is 12.5. The average Bonchev–Trinajstić information content (AvgIpc) is 2.56. The number of hydrogen-bond donors (Lipinski definition) is 3. The minimum Gasteiger partial charge on any atom is -0.394 e. The van der Waals surface area contributed by atoms with Crippen molar-refractivity contribution < 1.29 is 9.90 Å². The third-order valence-electron chi connectivity index (χ3n) is 3.66. The number of amides is 1. The van der Waals surface area contributed by atoms with Gasteiger partial charge in [-0.15, -0.1) is 0 Å². The van der Waals surface area contributed by atoms with Gasteiger partial charge in [0.05, 0.1) is 12.6 Å². The van der Waals surface area contributed by atoms with E-state index in [9.17, 15) is 9.90 Å². The Bertz CT molecular complexity index is 582. The zero-order valence-corrected chi connectivity index (χ0v) is 12.5. The predicted octanol–water partition coefficient (Wildman–Crippen LogP) is 2.04. The Labute approximate surface area is 131 Å². The summed E-state index contributed by atoms with van der Waals surface area (Å²) in [6, 6.07) is 17.3. The Morgan fingerprint density at radius 2 is 1.77 bits per heavy atom.